The zero-order chi connectivity index (χ0) is 14.9. The van der Waals surface area contributed by atoms with Crippen molar-refractivity contribution in [3.05, 3.63) is 42.6 Å². The van der Waals surface area contributed by atoms with Crippen LogP contribution in [0, 0.1) is 0 Å². The van der Waals surface area contributed by atoms with Crippen molar-refractivity contribution >= 4 is 22.4 Å². The first-order valence-electron chi connectivity index (χ1n) is 6.71. The Morgan fingerprint density at radius 1 is 1.05 bits per heavy atom. The van der Waals surface area contributed by atoms with Crippen molar-refractivity contribution in [2.75, 3.05) is 11.9 Å². The first-order valence-corrected chi connectivity index (χ1v) is 6.71. The molecule has 0 saturated carbocycles. The maximum Gasteiger partial charge on any atom is 0.389 e. The molecule has 3 aromatic rings. The van der Waals surface area contributed by atoms with Crippen LogP contribution in [0.25, 0.3) is 16.6 Å². The highest BCUT2D eigenvalue weighted by Crippen LogP contribution is 2.24. The number of benzene rings is 1. The molecule has 0 radical (unpaired) electrons. The Morgan fingerprint density at radius 2 is 1.81 bits per heavy atom. The fourth-order valence-electron chi connectivity index (χ4n) is 2.35. The number of aromatic nitrogens is 2. The number of hydrogen-bond donors (Lipinski definition) is 1. The molecule has 1 N–H and O–H groups in total. The number of fused-ring (bicyclic) bond motifs is 3. The predicted octanol–water partition coefficient (Wildman–Crippen LogP) is 4.24. The van der Waals surface area contributed by atoms with Gasteiger partial charge in [-0.05, 0) is 30.7 Å². The van der Waals surface area contributed by atoms with Gasteiger partial charge in [-0.1, -0.05) is 12.1 Å². The van der Waals surface area contributed by atoms with E-state index in [9.17, 15) is 13.2 Å². The standard InChI is InChI=1S/C15H14F3N3/c16-15(17,18)8-4-9-19-14-13-7-3-10-21(13)12-6-2-1-5-11(12)20-14/h1-3,5-7,10H,4,8-9H2,(H,19,20). The van der Waals surface area contributed by atoms with Crippen molar-refractivity contribution in [2.45, 2.75) is 19.0 Å². The molecule has 3 rings (SSSR count). The van der Waals surface area contributed by atoms with Gasteiger partial charge < -0.3 is 9.72 Å². The Bertz CT molecular complexity index is 762. The van der Waals surface area contributed by atoms with Crippen LogP contribution in [0.4, 0.5) is 19.0 Å². The van der Waals surface area contributed by atoms with E-state index >= 15 is 0 Å². The van der Waals surface area contributed by atoms with Gasteiger partial charge in [-0.3, -0.25) is 0 Å². The first-order chi connectivity index (χ1) is 10.0. The monoisotopic (exact) mass is 293 g/mol. The molecule has 0 aliphatic carbocycles. The van der Waals surface area contributed by atoms with Gasteiger partial charge in [-0.25, -0.2) is 4.98 Å². The third-order valence-corrected chi connectivity index (χ3v) is 3.29. The first kappa shape index (κ1) is 13.7. The van der Waals surface area contributed by atoms with E-state index in [0.29, 0.717) is 5.82 Å². The van der Waals surface area contributed by atoms with Gasteiger partial charge in [-0.15, -0.1) is 0 Å². The fourth-order valence-corrected chi connectivity index (χ4v) is 2.35. The quantitative estimate of drug-likeness (QED) is 0.729. The largest absolute Gasteiger partial charge is 0.389 e. The summed E-state index contributed by atoms with van der Waals surface area (Å²) >= 11 is 0. The van der Waals surface area contributed by atoms with Crippen LogP contribution in [0.2, 0.25) is 0 Å². The molecule has 0 bridgehead atoms. The van der Waals surface area contributed by atoms with Crippen LogP contribution in [-0.4, -0.2) is 22.1 Å². The van der Waals surface area contributed by atoms with Crippen LogP contribution in [0.1, 0.15) is 12.8 Å². The molecule has 2 heterocycles. The van der Waals surface area contributed by atoms with E-state index in [-0.39, 0.29) is 13.0 Å². The zero-order valence-electron chi connectivity index (χ0n) is 11.2. The Labute approximate surface area is 119 Å². The van der Waals surface area contributed by atoms with Crippen LogP contribution < -0.4 is 5.32 Å². The molecular formula is C15H14F3N3. The highest BCUT2D eigenvalue weighted by molar-refractivity contribution is 5.84. The molecule has 0 atom stereocenters. The van der Waals surface area contributed by atoms with Gasteiger partial charge in [0, 0.05) is 19.2 Å². The SMILES string of the molecule is FC(F)(F)CCCNc1nc2ccccc2n2cccc12. The van der Waals surface area contributed by atoms with Crippen LogP contribution >= 0.6 is 0 Å². The number of anilines is 1. The van der Waals surface area contributed by atoms with E-state index in [1.165, 1.54) is 0 Å². The molecule has 0 aliphatic heterocycles. The van der Waals surface area contributed by atoms with Crippen molar-refractivity contribution in [3.8, 4) is 0 Å². The maximum absolute atomic E-state index is 12.1. The van der Waals surface area contributed by atoms with E-state index in [1.54, 1.807) is 0 Å². The van der Waals surface area contributed by atoms with E-state index in [0.717, 1.165) is 16.6 Å². The van der Waals surface area contributed by atoms with Crippen molar-refractivity contribution in [1.82, 2.24) is 9.38 Å². The van der Waals surface area contributed by atoms with Gasteiger partial charge in [0.05, 0.1) is 16.6 Å². The van der Waals surface area contributed by atoms with E-state index in [1.807, 2.05) is 47.0 Å². The number of halogens is 3. The highest BCUT2D eigenvalue weighted by Gasteiger charge is 2.25. The van der Waals surface area contributed by atoms with E-state index < -0.39 is 12.6 Å². The summed E-state index contributed by atoms with van der Waals surface area (Å²) in [5.41, 5.74) is 2.64. The Hall–Kier alpha value is -2.24. The van der Waals surface area contributed by atoms with Crippen molar-refractivity contribution < 1.29 is 13.2 Å². The number of rotatable bonds is 4. The molecule has 6 heteroatoms. The minimum Gasteiger partial charge on any atom is -0.368 e. The lowest BCUT2D eigenvalue weighted by Crippen LogP contribution is -2.12. The third kappa shape index (κ3) is 2.94. The molecule has 0 aliphatic rings. The van der Waals surface area contributed by atoms with Gasteiger partial charge >= 0.3 is 6.18 Å². The molecule has 0 unspecified atom stereocenters. The van der Waals surface area contributed by atoms with Crippen LogP contribution in [0.5, 0.6) is 0 Å². The molecule has 21 heavy (non-hydrogen) atoms. The minimum atomic E-state index is -4.11. The molecule has 110 valence electrons. The molecule has 0 spiro atoms. The summed E-state index contributed by atoms with van der Waals surface area (Å²) in [7, 11) is 0. The number of hydrogen-bond acceptors (Lipinski definition) is 2. The fraction of sp³-hybridized carbons (Fsp3) is 0.267. The summed E-state index contributed by atoms with van der Waals surface area (Å²) in [4.78, 5) is 4.50. The second-order valence-corrected chi connectivity index (χ2v) is 4.86. The highest BCUT2D eigenvalue weighted by atomic mass is 19.4. The van der Waals surface area contributed by atoms with Crippen LogP contribution in [0.15, 0.2) is 42.6 Å². The smallest absolute Gasteiger partial charge is 0.368 e. The molecule has 2 aromatic heterocycles. The Balaban J connectivity index is 1.85. The normalized spacial score (nSPS) is 12.1. The molecule has 0 amide bonds. The summed E-state index contributed by atoms with van der Waals surface area (Å²) in [6.45, 7) is 0.242. The maximum atomic E-state index is 12.1. The number of nitrogens with one attached hydrogen (secondary N) is 1. The summed E-state index contributed by atoms with van der Waals surface area (Å²) in [6.07, 6.45) is -2.95. The molecule has 3 nitrogen and oxygen atoms in total. The molecule has 0 saturated heterocycles. The average Bonchev–Trinajstić information content (AvgIpc) is 2.92. The summed E-state index contributed by atoms with van der Waals surface area (Å²) in [6, 6.07) is 11.5. The lowest BCUT2D eigenvalue weighted by Gasteiger charge is -2.11. The van der Waals surface area contributed by atoms with Gasteiger partial charge in [0.2, 0.25) is 0 Å². The average molecular weight is 293 g/mol. The second-order valence-electron chi connectivity index (χ2n) is 4.86. The third-order valence-electron chi connectivity index (χ3n) is 3.29. The Morgan fingerprint density at radius 3 is 2.62 bits per heavy atom. The molecule has 0 fully saturated rings. The summed E-state index contributed by atoms with van der Waals surface area (Å²) in [5, 5.41) is 3.01. The molecule has 1 aromatic carbocycles. The number of alkyl halides is 3. The summed E-state index contributed by atoms with van der Waals surface area (Å²) < 4.78 is 38.4. The van der Waals surface area contributed by atoms with Crippen molar-refractivity contribution in [2.24, 2.45) is 0 Å². The lowest BCUT2D eigenvalue weighted by atomic mass is 10.3. The second kappa shape index (κ2) is 5.27. The predicted molar refractivity (Wildman–Crippen MR) is 76.5 cm³/mol. The van der Waals surface area contributed by atoms with Gasteiger partial charge in [0.15, 0.2) is 5.82 Å². The topological polar surface area (TPSA) is 29.3 Å². The van der Waals surface area contributed by atoms with E-state index in [4.69, 9.17) is 0 Å². The summed E-state index contributed by atoms with van der Waals surface area (Å²) in [5.74, 6) is 0.612. The number of para-hydroxylation sites is 2. The molecular weight excluding hydrogens is 279 g/mol. The van der Waals surface area contributed by atoms with Gasteiger partial charge in [-0.2, -0.15) is 13.2 Å². The van der Waals surface area contributed by atoms with Crippen molar-refractivity contribution in [1.29, 1.82) is 0 Å². The van der Waals surface area contributed by atoms with Crippen molar-refractivity contribution in [3.63, 3.8) is 0 Å². The van der Waals surface area contributed by atoms with Gasteiger partial charge in [0.25, 0.3) is 0 Å². The van der Waals surface area contributed by atoms with Crippen LogP contribution in [0.3, 0.4) is 0 Å². The number of nitrogens with zero attached hydrogens (tertiary/aromatic N) is 2. The van der Waals surface area contributed by atoms with Crippen LogP contribution in [-0.2, 0) is 0 Å². The Kier molecular flexibility index (Phi) is 3.45. The van der Waals surface area contributed by atoms with Gasteiger partial charge in [0.1, 0.15) is 0 Å². The minimum absolute atomic E-state index is 0.0326. The zero-order valence-corrected chi connectivity index (χ0v) is 11.2. The van der Waals surface area contributed by atoms with E-state index in [2.05, 4.69) is 10.3 Å². The lowest BCUT2D eigenvalue weighted by molar-refractivity contribution is -0.134.